The summed E-state index contributed by atoms with van der Waals surface area (Å²) in [4.78, 5) is 11.0. The predicted octanol–water partition coefficient (Wildman–Crippen LogP) is 5.49. The van der Waals surface area contributed by atoms with E-state index in [0.29, 0.717) is 0 Å². The molecule has 0 unspecified atom stereocenters. The number of nitrogens with one attached hydrogen (secondary N) is 1. The van der Waals surface area contributed by atoms with Gasteiger partial charge in [0.1, 0.15) is 0 Å². The van der Waals surface area contributed by atoms with Crippen molar-refractivity contribution in [3.63, 3.8) is 0 Å². The minimum absolute atomic E-state index is 0.0494. The molecule has 0 saturated carbocycles. The number of ether oxygens (including phenoxy) is 1. The zero-order valence-electron chi connectivity index (χ0n) is 19.6. The second-order valence-corrected chi connectivity index (χ2v) is 10.8. The summed E-state index contributed by atoms with van der Waals surface area (Å²) in [6.07, 6.45) is -1.68. The molecule has 0 atom stereocenters. The molecule has 0 heterocycles. The molecule has 0 spiro atoms. The van der Waals surface area contributed by atoms with Crippen LogP contribution in [0.15, 0.2) is 0 Å². The number of carbonyl (C=O) groups is 1. The highest BCUT2D eigenvalue weighted by Crippen LogP contribution is 2.50. The van der Waals surface area contributed by atoms with Crippen molar-refractivity contribution in [3.05, 3.63) is 0 Å². The molecule has 11 heteroatoms. The molecule has 0 radical (unpaired) electrons. The van der Waals surface area contributed by atoms with E-state index >= 15 is 0 Å². The van der Waals surface area contributed by atoms with E-state index in [2.05, 4.69) is 0 Å². The van der Waals surface area contributed by atoms with Crippen molar-refractivity contribution in [2.45, 2.75) is 73.4 Å². The van der Waals surface area contributed by atoms with Gasteiger partial charge in [-0.1, -0.05) is 54.4 Å². The maximum Gasteiger partial charge on any atom is 0.474 e. The highest BCUT2D eigenvalue weighted by atomic mass is 31.2. The minimum Gasteiger partial charge on any atom is -0.380 e. The van der Waals surface area contributed by atoms with E-state index in [0.717, 1.165) is 25.7 Å². The molecular weight excluding hydrogens is 438 g/mol. The van der Waals surface area contributed by atoms with Crippen LogP contribution in [-0.2, 0) is 27.7 Å². The number of phosphoric ester groups is 1. The Hall–Kier alpha value is -0.670. The average molecular weight is 478 g/mol. The standard InChI is InChI=1S/C20H39F3NO6P/c1-7-9-11-28-31(26,29-12-10-8-2)30-16-19(5,6)15-27-14-18(3,4)13-24-17(25)20(21,22)23/h7-16H2,1-6H3,(H,24,25). The summed E-state index contributed by atoms with van der Waals surface area (Å²) in [6.45, 7) is 11.8. The normalized spacial score (nSPS) is 13.5. The van der Waals surface area contributed by atoms with E-state index in [9.17, 15) is 22.5 Å². The molecule has 0 saturated heterocycles. The monoisotopic (exact) mass is 477 g/mol. The van der Waals surface area contributed by atoms with Gasteiger partial charge >= 0.3 is 19.9 Å². The SMILES string of the molecule is CCCCOP(=O)(OCCCC)OCC(C)(C)COCC(C)(C)CNC(=O)C(F)(F)F. The van der Waals surface area contributed by atoms with Crippen LogP contribution in [0.25, 0.3) is 0 Å². The number of hydrogen-bond acceptors (Lipinski definition) is 6. The van der Waals surface area contributed by atoms with Crippen molar-refractivity contribution in [3.8, 4) is 0 Å². The second-order valence-electron chi connectivity index (χ2n) is 9.10. The molecule has 7 nitrogen and oxygen atoms in total. The minimum atomic E-state index is -4.91. The number of halogens is 3. The van der Waals surface area contributed by atoms with Crippen molar-refractivity contribution >= 4 is 13.7 Å². The van der Waals surface area contributed by atoms with Crippen LogP contribution < -0.4 is 5.32 Å². The van der Waals surface area contributed by atoms with E-state index < -0.39 is 30.7 Å². The third-order valence-electron chi connectivity index (χ3n) is 4.08. The molecule has 0 bridgehead atoms. The van der Waals surface area contributed by atoms with E-state index in [4.69, 9.17) is 18.3 Å². The van der Waals surface area contributed by atoms with Gasteiger partial charge in [-0.3, -0.25) is 18.4 Å². The first-order valence-electron chi connectivity index (χ1n) is 10.6. The quantitative estimate of drug-likeness (QED) is 0.220. The van der Waals surface area contributed by atoms with Crippen molar-refractivity contribution in [1.82, 2.24) is 5.32 Å². The van der Waals surface area contributed by atoms with Gasteiger partial charge in [-0.25, -0.2) is 4.57 Å². The number of rotatable bonds is 17. The Kier molecular flexibility index (Phi) is 13.5. The zero-order chi connectivity index (χ0) is 24.2. The van der Waals surface area contributed by atoms with Gasteiger partial charge in [0.05, 0.1) is 33.0 Å². The van der Waals surface area contributed by atoms with Gasteiger partial charge in [0.2, 0.25) is 0 Å². The van der Waals surface area contributed by atoms with E-state index in [-0.39, 0.29) is 39.6 Å². The highest BCUT2D eigenvalue weighted by molar-refractivity contribution is 7.48. The first-order chi connectivity index (χ1) is 14.2. The lowest BCUT2D eigenvalue weighted by Crippen LogP contribution is -2.43. The van der Waals surface area contributed by atoms with Crippen LogP contribution >= 0.6 is 7.82 Å². The van der Waals surface area contributed by atoms with Crippen LogP contribution in [0.4, 0.5) is 13.2 Å². The molecule has 186 valence electrons. The van der Waals surface area contributed by atoms with E-state index in [1.807, 2.05) is 33.0 Å². The number of amides is 1. The van der Waals surface area contributed by atoms with Crippen molar-refractivity contribution in [1.29, 1.82) is 0 Å². The van der Waals surface area contributed by atoms with Crippen LogP contribution in [0.2, 0.25) is 0 Å². The predicted molar refractivity (Wildman–Crippen MR) is 113 cm³/mol. The zero-order valence-corrected chi connectivity index (χ0v) is 20.5. The Morgan fingerprint density at radius 2 is 1.32 bits per heavy atom. The summed E-state index contributed by atoms with van der Waals surface area (Å²) in [7, 11) is -3.69. The third-order valence-corrected chi connectivity index (χ3v) is 5.52. The molecule has 0 aliphatic carbocycles. The van der Waals surface area contributed by atoms with Crippen LogP contribution in [0.1, 0.15) is 67.2 Å². The smallest absolute Gasteiger partial charge is 0.380 e. The van der Waals surface area contributed by atoms with Crippen LogP contribution in [0.5, 0.6) is 0 Å². The topological polar surface area (TPSA) is 83.1 Å². The van der Waals surface area contributed by atoms with Gasteiger partial charge in [-0.15, -0.1) is 0 Å². The summed E-state index contributed by atoms with van der Waals surface area (Å²) >= 11 is 0. The lowest BCUT2D eigenvalue weighted by atomic mass is 9.93. The second kappa shape index (κ2) is 13.8. The Morgan fingerprint density at radius 1 is 0.839 bits per heavy atom. The Morgan fingerprint density at radius 3 is 1.77 bits per heavy atom. The molecule has 0 fully saturated rings. The first kappa shape index (κ1) is 30.3. The number of alkyl halides is 3. The van der Waals surface area contributed by atoms with Crippen LogP contribution in [0.3, 0.4) is 0 Å². The number of unbranched alkanes of at least 4 members (excludes halogenated alkanes) is 2. The number of carbonyl (C=O) groups excluding carboxylic acids is 1. The van der Waals surface area contributed by atoms with Crippen molar-refractivity contribution < 1.29 is 40.8 Å². The average Bonchev–Trinajstić information content (AvgIpc) is 2.64. The lowest BCUT2D eigenvalue weighted by Gasteiger charge is -2.30. The Labute approximate surface area is 184 Å². The largest absolute Gasteiger partial charge is 0.474 e. The maximum absolute atomic E-state index is 12.8. The molecule has 0 aromatic heterocycles. The highest BCUT2D eigenvalue weighted by Gasteiger charge is 2.39. The van der Waals surface area contributed by atoms with E-state index in [1.54, 1.807) is 13.8 Å². The Bertz CT molecular complexity index is 556. The molecule has 31 heavy (non-hydrogen) atoms. The number of hydrogen-bond donors (Lipinski definition) is 1. The molecule has 0 aliphatic heterocycles. The molecule has 0 rings (SSSR count). The Balaban J connectivity index is 4.58. The first-order valence-corrected chi connectivity index (χ1v) is 12.1. The fourth-order valence-corrected chi connectivity index (χ4v) is 3.56. The lowest BCUT2D eigenvalue weighted by molar-refractivity contribution is -0.174. The maximum atomic E-state index is 12.8. The van der Waals surface area contributed by atoms with Crippen LogP contribution in [-0.4, -0.2) is 51.7 Å². The summed E-state index contributed by atoms with van der Waals surface area (Å²) in [5.41, 5.74) is -1.26. The molecule has 1 amide bonds. The molecular formula is C20H39F3NO6P. The number of phosphoric acid groups is 1. The molecule has 0 aromatic carbocycles. The summed E-state index contributed by atoms with van der Waals surface area (Å²) < 4.78 is 71.7. The van der Waals surface area contributed by atoms with Gasteiger partial charge in [0.15, 0.2) is 0 Å². The summed E-state index contributed by atoms with van der Waals surface area (Å²) in [5, 5.41) is 1.87. The van der Waals surface area contributed by atoms with Gasteiger partial charge in [-0.2, -0.15) is 13.2 Å². The van der Waals surface area contributed by atoms with Crippen molar-refractivity contribution in [2.75, 3.05) is 39.6 Å². The van der Waals surface area contributed by atoms with Gasteiger partial charge in [-0.05, 0) is 12.8 Å². The molecule has 0 aromatic rings. The molecule has 0 aliphatic rings. The van der Waals surface area contributed by atoms with Gasteiger partial charge in [0, 0.05) is 17.4 Å². The van der Waals surface area contributed by atoms with Gasteiger partial charge in [0.25, 0.3) is 0 Å². The summed E-state index contributed by atoms with van der Waals surface area (Å²) in [6, 6.07) is 0. The van der Waals surface area contributed by atoms with Crippen molar-refractivity contribution in [2.24, 2.45) is 10.8 Å². The fourth-order valence-electron chi connectivity index (χ4n) is 2.12. The third kappa shape index (κ3) is 14.9. The van der Waals surface area contributed by atoms with Gasteiger partial charge < -0.3 is 10.1 Å². The molecule has 1 N–H and O–H groups in total. The van der Waals surface area contributed by atoms with E-state index in [1.165, 1.54) is 0 Å². The summed E-state index contributed by atoms with van der Waals surface area (Å²) in [5.74, 6) is -1.98. The fraction of sp³-hybridized carbons (Fsp3) is 0.950. The van der Waals surface area contributed by atoms with Crippen LogP contribution in [0, 0.1) is 10.8 Å².